The van der Waals surface area contributed by atoms with Crippen molar-refractivity contribution in [2.24, 2.45) is 0 Å². The largest absolute Gasteiger partial charge is 0.493 e. The van der Waals surface area contributed by atoms with E-state index in [2.05, 4.69) is 226 Å². The van der Waals surface area contributed by atoms with Crippen molar-refractivity contribution >= 4 is 56.3 Å². The SMILES string of the molecule is CC(C)(C)c1ccnc(-n2c3[c-]c(Sc4[c-]c(N5[CH-]N(c6c(-c7ccccc7)ccc7c6-c6ccccc6C7(C)C)c6ccccc65)ccc4)ccc3c3ccccc32)c1.[Pt]. The summed E-state index contributed by atoms with van der Waals surface area (Å²) in [6, 6.07) is 64.5. The van der Waals surface area contributed by atoms with Gasteiger partial charge in [-0.05, 0) is 69.0 Å². The second-order valence-corrected chi connectivity index (χ2v) is 18.4. The van der Waals surface area contributed by atoms with Gasteiger partial charge in [-0.1, -0.05) is 137 Å². The quantitative estimate of drug-likeness (QED) is 0.155. The zero-order valence-corrected chi connectivity index (χ0v) is 37.8. The van der Waals surface area contributed by atoms with Crippen LogP contribution in [0.15, 0.2) is 174 Å². The second-order valence-electron chi connectivity index (χ2n) is 17.4. The van der Waals surface area contributed by atoms with E-state index >= 15 is 0 Å². The molecule has 0 saturated heterocycles. The van der Waals surface area contributed by atoms with Gasteiger partial charge < -0.3 is 14.4 Å². The standard InChI is InChI=1S/C55H43N4S.Pt/c1-54(2,3)37-30-31-56-51(32-37)59-47-23-12-10-20-42(47)43-27-26-40(34-50(43)59)60-39-19-15-18-38(33-39)57-35-58(49-25-14-13-24-48(49)57)53-41(36-16-7-6-8-17-36)28-29-46-52(53)44-21-9-11-22-45(44)55(46,4)5;/h6-32,35H,1-5H3;/q-3;. The molecule has 1 aliphatic heterocycles. The Balaban J connectivity index is 0.00000445. The number of rotatable bonds is 6. The van der Waals surface area contributed by atoms with Crippen LogP contribution in [0.25, 0.3) is 49.9 Å². The van der Waals surface area contributed by atoms with E-state index in [0.29, 0.717) is 0 Å². The van der Waals surface area contributed by atoms with Crippen LogP contribution < -0.4 is 9.80 Å². The van der Waals surface area contributed by atoms with Crippen molar-refractivity contribution in [1.29, 1.82) is 0 Å². The molecule has 1 aliphatic carbocycles. The number of anilines is 4. The molecule has 0 N–H and O–H groups in total. The third kappa shape index (κ3) is 6.44. The van der Waals surface area contributed by atoms with Crippen LogP contribution in [0.3, 0.4) is 0 Å². The molecule has 2 aliphatic rings. The maximum absolute atomic E-state index is 4.89. The first-order valence-corrected chi connectivity index (χ1v) is 21.4. The predicted molar refractivity (Wildman–Crippen MR) is 250 cm³/mol. The molecule has 0 radical (unpaired) electrons. The van der Waals surface area contributed by atoms with Gasteiger partial charge in [0.2, 0.25) is 0 Å². The Morgan fingerprint density at radius 2 is 1.34 bits per heavy atom. The molecule has 6 heteroatoms. The van der Waals surface area contributed by atoms with Crippen LogP contribution in [0.2, 0.25) is 0 Å². The Morgan fingerprint density at radius 3 is 2.16 bits per heavy atom. The van der Waals surface area contributed by atoms with E-state index in [0.717, 1.165) is 49.1 Å². The normalized spacial score (nSPS) is 13.9. The first kappa shape index (κ1) is 39.3. The van der Waals surface area contributed by atoms with Crippen LogP contribution in [0, 0.1) is 18.8 Å². The van der Waals surface area contributed by atoms with E-state index in [1.54, 1.807) is 11.8 Å². The van der Waals surface area contributed by atoms with Gasteiger partial charge >= 0.3 is 0 Å². The molecule has 0 atom stereocenters. The first-order chi connectivity index (χ1) is 29.1. The molecule has 0 bridgehead atoms. The Morgan fingerprint density at radius 1 is 0.623 bits per heavy atom. The monoisotopic (exact) mass is 986 g/mol. The van der Waals surface area contributed by atoms with E-state index in [-0.39, 0.29) is 31.9 Å². The minimum absolute atomic E-state index is 0. The van der Waals surface area contributed by atoms with Crippen LogP contribution in [-0.4, -0.2) is 9.55 Å². The molecule has 9 aromatic rings. The Bertz CT molecular complexity index is 3140. The van der Waals surface area contributed by atoms with E-state index in [9.17, 15) is 0 Å². The predicted octanol–water partition coefficient (Wildman–Crippen LogP) is 14.6. The summed E-state index contributed by atoms with van der Waals surface area (Å²) >= 11 is 1.68. The van der Waals surface area contributed by atoms with Gasteiger partial charge in [-0.15, -0.1) is 57.5 Å². The van der Waals surface area contributed by atoms with E-state index in [1.165, 1.54) is 50.0 Å². The molecule has 61 heavy (non-hydrogen) atoms. The smallest absolute Gasteiger partial charge is 0.135 e. The molecule has 4 nitrogen and oxygen atoms in total. The van der Waals surface area contributed by atoms with Crippen LogP contribution in [-0.2, 0) is 31.9 Å². The van der Waals surface area contributed by atoms with Gasteiger partial charge in [0.15, 0.2) is 0 Å². The van der Waals surface area contributed by atoms with Crippen molar-refractivity contribution in [1.82, 2.24) is 9.55 Å². The summed E-state index contributed by atoms with van der Waals surface area (Å²) in [6.07, 6.45) is 1.93. The third-order valence-electron chi connectivity index (χ3n) is 12.3. The fraction of sp³-hybridized carbons (Fsp3) is 0.127. The van der Waals surface area contributed by atoms with Gasteiger partial charge in [0.25, 0.3) is 0 Å². The molecular weight excluding hydrogens is 944 g/mol. The summed E-state index contributed by atoms with van der Waals surface area (Å²) in [6.45, 7) is 13.7. The third-order valence-corrected chi connectivity index (χ3v) is 13.2. The van der Waals surface area contributed by atoms with E-state index in [1.807, 2.05) is 6.20 Å². The number of pyridine rings is 1. The number of nitrogens with zero attached hydrogens (tertiary/aromatic N) is 4. The minimum Gasteiger partial charge on any atom is -0.493 e. The first-order valence-electron chi connectivity index (χ1n) is 20.6. The maximum atomic E-state index is 4.89. The van der Waals surface area contributed by atoms with Gasteiger partial charge in [-0.3, -0.25) is 0 Å². The van der Waals surface area contributed by atoms with Gasteiger partial charge in [0.05, 0.1) is 0 Å². The number of hydrogen-bond donors (Lipinski definition) is 0. The Labute approximate surface area is 377 Å². The molecule has 0 amide bonds. The summed E-state index contributed by atoms with van der Waals surface area (Å²) in [4.78, 5) is 11.6. The molecule has 0 spiro atoms. The van der Waals surface area contributed by atoms with Crippen molar-refractivity contribution in [3.05, 3.63) is 199 Å². The van der Waals surface area contributed by atoms with Crippen molar-refractivity contribution in [3.8, 4) is 28.1 Å². The molecule has 0 fully saturated rings. The fourth-order valence-electron chi connectivity index (χ4n) is 9.29. The summed E-state index contributed by atoms with van der Waals surface area (Å²) in [5, 5.41) is 2.35. The van der Waals surface area contributed by atoms with Crippen molar-refractivity contribution < 1.29 is 21.1 Å². The molecule has 2 aromatic heterocycles. The summed E-state index contributed by atoms with van der Waals surface area (Å²) < 4.78 is 2.26. The van der Waals surface area contributed by atoms with E-state index < -0.39 is 0 Å². The molecule has 7 aromatic carbocycles. The number of fused-ring (bicyclic) bond motifs is 7. The van der Waals surface area contributed by atoms with Gasteiger partial charge in [0.1, 0.15) is 5.82 Å². The number of aromatic nitrogens is 2. The average Bonchev–Trinajstić information content (AvgIpc) is 3.89. The Kier molecular flexibility index (Phi) is 9.62. The molecule has 11 rings (SSSR count). The minimum atomic E-state index is -0.129. The van der Waals surface area contributed by atoms with Gasteiger partial charge in [-0.25, -0.2) is 4.98 Å². The zero-order chi connectivity index (χ0) is 40.8. The number of hydrogen-bond acceptors (Lipinski definition) is 4. The molecule has 3 heterocycles. The molecule has 0 saturated carbocycles. The van der Waals surface area contributed by atoms with Crippen molar-refractivity contribution in [3.63, 3.8) is 0 Å². The van der Waals surface area contributed by atoms with Gasteiger partial charge in [0, 0.05) is 66.4 Å². The topological polar surface area (TPSA) is 24.3 Å². The van der Waals surface area contributed by atoms with Gasteiger partial charge in [-0.2, -0.15) is 24.3 Å². The maximum Gasteiger partial charge on any atom is 0.135 e. The van der Waals surface area contributed by atoms with Crippen molar-refractivity contribution in [2.45, 2.75) is 55.2 Å². The average molecular weight is 987 g/mol. The molecular formula is C55H43N4PtS-3. The van der Waals surface area contributed by atoms with Crippen LogP contribution in [0.4, 0.5) is 22.7 Å². The Hall–Kier alpha value is -5.87. The molecule has 0 unspecified atom stereocenters. The summed E-state index contributed by atoms with van der Waals surface area (Å²) in [5.74, 6) is 0.903. The molecule has 302 valence electrons. The van der Waals surface area contributed by atoms with Crippen LogP contribution in [0.5, 0.6) is 0 Å². The zero-order valence-electron chi connectivity index (χ0n) is 34.7. The van der Waals surface area contributed by atoms with Crippen molar-refractivity contribution in [2.75, 3.05) is 9.80 Å². The number of para-hydroxylation sites is 3. The van der Waals surface area contributed by atoms with E-state index in [4.69, 9.17) is 4.98 Å². The van der Waals surface area contributed by atoms with Crippen LogP contribution in [0.1, 0.15) is 51.3 Å². The van der Waals surface area contributed by atoms with Crippen LogP contribution >= 0.6 is 11.8 Å². The summed E-state index contributed by atoms with van der Waals surface area (Å²) in [7, 11) is 0. The summed E-state index contributed by atoms with van der Waals surface area (Å²) in [5.41, 5.74) is 15.4. The second kappa shape index (κ2) is 14.9. The fourth-order valence-corrected chi connectivity index (χ4v) is 10.1. The number of benzene rings is 7.